The van der Waals surface area contributed by atoms with Crippen molar-refractivity contribution in [1.29, 1.82) is 0 Å². The predicted octanol–water partition coefficient (Wildman–Crippen LogP) is 0.371. The van der Waals surface area contributed by atoms with Crippen LogP contribution >= 0.6 is 23.1 Å². The molecular weight excluding hydrogens is 488 g/mol. The van der Waals surface area contributed by atoms with E-state index in [0.717, 1.165) is 4.88 Å². The number of nitrogens with two attached hydrogens (primary N) is 1. The summed E-state index contributed by atoms with van der Waals surface area (Å²) in [6.07, 6.45) is -0.206. The number of thioether (sulfide) groups is 1. The fourth-order valence-corrected chi connectivity index (χ4v) is 7.85. The Bertz CT molecular complexity index is 1060. The lowest BCUT2D eigenvalue weighted by Gasteiger charge is -2.46. The molecule has 13 heteroatoms. The van der Waals surface area contributed by atoms with Crippen LogP contribution in [0.4, 0.5) is 0 Å². The van der Waals surface area contributed by atoms with Gasteiger partial charge < -0.3 is 15.1 Å². The van der Waals surface area contributed by atoms with Crippen LogP contribution in [0.3, 0.4) is 0 Å². The molecule has 3 aliphatic heterocycles. The van der Waals surface area contributed by atoms with Crippen LogP contribution in [-0.4, -0.2) is 76.8 Å². The lowest BCUT2D eigenvalue weighted by molar-refractivity contribution is -0.163. The lowest BCUT2D eigenvalue weighted by Crippen LogP contribution is -2.63. The van der Waals surface area contributed by atoms with E-state index in [0.29, 0.717) is 24.4 Å². The third kappa shape index (κ3) is 4.85. The van der Waals surface area contributed by atoms with Crippen molar-refractivity contribution in [2.75, 3.05) is 13.1 Å². The standard InChI is InChI=1S/C20H28N4O6S3/c1-10-16-15(11(2)25)19(26)24(16)17(20(27)28)18(10)32-14-6-12(7-22-33(21,29)30)23(9-14)8-13-4-3-5-31-13/h3-5,10-12,14-16,22,25H,6-9H2,1-2H3,(H,27,28)(H2,21,29,30)/t10-,11-,12+,14+,15-,16-/m1/s1. The van der Waals surface area contributed by atoms with E-state index >= 15 is 0 Å². The van der Waals surface area contributed by atoms with Gasteiger partial charge in [-0.25, -0.2) is 14.7 Å². The summed E-state index contributed by atoms with van der Waals surface area (Å²) in [5.41, 5.74) is 0.00955. The molecule has 33 heavy (non-hydrogen) atoms. The molecule has 4 rings (SSSR count). The molecule has 6 atom stereocenters. The second-order valence-corrected chi connectivity index (χ2v) is 12.6. The van der Waals surface area contributed by atoms with Gasteiger partial charge in [0.2, 0.25) is 5.91 Å². The van der Waals surface area contributed by atoms with Gasteiger partial charge in [0.1, 0.15) is 5.70 Å². The van der Waals surface area contributed by atoms with Crippen LogP contribution in [0.1, 0.15) is 25.1 Å². The largest absolute Gasteiger partial charge is 0.477 e. The Balaban J connectivity index is 1.53. The van der Waals surface area contributed by atoms with Gasteiger partial charge in [-0.2, -0.15) is 8.42 Å². The number of amides is 1. The van der Waals surface area contributed by atoms with Crippen LogP contribution in [0.25, 0.3) is 0 Å². The van der Waals surface area contributed by atoms with Gasteiger partial charge >= 0.3 is 5.97 Å². The Morgan fingerprint density at radius 2 is 2.18 bits per heavy atom. The van der Waals surface area contributed by atoms with Gasteiger partial charge in [-0.05, 0) is 24.8 Å². The zero-order chi connectivity index (χ0) is 24.1. The molecule has 5 N–H and O–H groups in total. The number of thiophene rings is 1. The number of rotatable bonds is 9. The van der Waals surface area contributed by atoms with Crippen LogP contribution in [0.15, 0.2) is 28.1 Å². The van der Waals surface area contributed by atoms with E-state index in [9.17, 15) is 28.2 Å². The third-order valence-electron chi connectivity index (χ3n) is 6.55. The number of carboxylic acids is 1. The van der Waals surface area contributed by atoms with Gasteiger partial charge in [0.05, 0.1) is 18.1 Å². The van der Waals surface area contributed by atoms with Crippen molar-refractivity contribution in [1.82, 2.24) is 14.5 Å². The number of likely N-dealkylation sites (tertiary alicyclic amines) is 1. The van der Waals surface area contributed by atoms with E-state index in [1.807, 2.05) is 24.4 Å². The Morgan fingerprint density at radius 1 is 1.45 bits per heavy atom. The first-order valence-electron chi connectivity index (χ1n) is 10.7. The van der Waals surface area contributed by atoms with Gasteiger partial charge in [-0.1, -0.05) is 13.0 Å². The van der Waals surface area contributed by atoms with Gasteiger partial charge in [0.25, 0.3) is 10.2 Å². The zero-order valence-electron chi connectivity index (χ0n) is 18.2. The predicted molar refractivity (Wildman–Crippen MR) is 125 cm³/mol. The molecule has 1 amide bonds. The molecular formula is C20H28N4O6S3. The number of aliphatic hydroxyl groups excluding tert-OH is 1. The van der Waals surface area contributed by atoms with Crippen LogP contribution in [0.2, 0.25) is 0 Å². The highest BCUT2D eigenvalue weighted by atomic mass is 32.2. The minimum Gasteiger partial charge on any atom is -0.477 e. The summed E-state index contributed by atoms with van der Waals surface area (Å²) >= 11 is 3.07. The molecule has 3 aliphatic rings. The number of aliphatic hydroxyl groups is 1. The van der Waals surface area contributed by atoms with E-state index in [4.69, 9.17) is 5.14 Å². The van der Waals surface area contributed by atoms with Gasteiger partial charge in [0, 0.05) is 46.6 Å². The topological polar surface area (TPSA) is 153 Å². The van der Waals surface area contributed by atoms with Crippen molar-refractivity contribution in [3.05, 3.63) is 33.0 Å². The second-order valence-electron chi connectivity index (χ2n) is 8.80. The van der Waals surface area contributed by atoms with E-state index in [1.165, 1.54) is 16.7 Å². The Hall–Kier alpha value is -1.48. The summed E-state index contributed by atoms with van der Waals surface area (Å²) in [5.74, 6) is -2.30. The number of nitrogens with zero attached hydrogens (tertiary/aromatic N) is 2. The maximum atomic E-state index is 12.6. The highest BCUT2D eigenvalue weighted by Crippen LogP contribution is 2.52. The first-order chi connectivity index (χ1) is 15.5. The number of hydrogen-bond donors (Lipinski definition) is 4. The SMILES string of the molecule is C[C@@H](O)[C@H]1C(=O)N2C(C(=O)O)=C(S[C@H]3C[C@@H](CNS(N)(=O)=O)N(Cc4cccs4)C3)[C@H](C)[C@H]12. The molecule has 0 spiro atoms. The quantitative estimate of drug-likeness (QED) is 0.344. The average molecular weight is 517 g/mol. The molecule has 0 bridgehead atoms. The average Bonchev–Trinajstić information content (AvgIpc) is 3.39. The highest BCUT2D eigenvalue weighted by Gasteiger charge is 2.60. The fourth-order valence-electron chi connectivity index (χ4n) is 5.10. The van der Waals surface area contributed by atoms with E-state index in [2.05, 4.69) is 9.62 Å². The van der Waals surface area contributed by atoms with Crippen molar-refractivity contribution >= 4 is 45.2 Å². The van der Waals surface area contributed by atoms with Crippen molar-refractivity contribution in [3.8, 4) is 0 Å². The molecule has 0 unspecified atom stereocenters. The van der Waals surface area contributed by atoms with E-state index < -0.39 is 28.2 Å². The maximum Gasteiger partial charge on any atom is 0.353 e. The first kappa shape index (κ1) is 24.6. The van der Waals surface area contributed by atoms with Crippen molar-refractivity contribution in [2.24, 2.45) is 17.0 Å². The zero-order valence-corrected chi connectivity index (χ0v) is 20.7. The number of β-lactam (4-membered cyclic amide) rings is 1. The normalized spacial score (nSPS) is 31.1. The van der Waals surface area contributed by atoms with Crippen molar-refractivity contribution in [3.63, 3.8) is 0 Å². The smallest absolute Gasteiger partial charge is 0.353 e. The number of fused-ring (bicyclic) bond motifs is 1. The van der Waals surface area contributed by atoms with E-state index in [-0.39, 0.29) is 41.4 Å². The molecule has 182 valence electrons. The third-order valence-corrected chi connectivity index (χ3v) is 9.48. The number of carbonyl (C=O) groups is 2. The molecule has 2 fully saturated rings. The number of nitrogens with one attached hydrogen (secondary N) is 1. The second kappa shape index (κ2) is 9.29. The summed E-state index contributed by atoms with van der Waals surface area (Å²) in [5, 5.41) is 27.0. The highest BCUT2D eigenvalue weighted by molar-refractivity contribution is 8.03. The summed E-state index contributed by atoms with van der Waals surface area (Å²) in [4.78, 5) is 29.9. The summed E-state index contributed by atoms with van der Waals surface area (Å²) in [7, 11) is -3.83. The molecule has 1 aromatic rings. The molecule has 0 aromatic carbocycles. The number of carbonyl (C=O) groups excluding carboxylic acids is 1. The summed E-state index contributed by atoms with van der Waals surface area (Å²) in [6.45, 7) is 4.92. The van der Waals surface area contributed by atoms with Crippen molar-refractivity contribution < 1.29 is 28.2 Å². The summed E-state index contributed by atoms with van der Waals surface area (Å²) < 4.78 is 25.3. The number of carboxylic acid groups (broad SMARTS) is 1. The van der Waals surface area contributed by atoms with Gasteiger partial charge in [-0.3, -0.25) is 9.69 Å². The molecule has 0 aliphatic carbocycles. The van der Waals surface area contributed by atoms with Crippen LogP contribution < -0.4 is 9.86 Å². The minimum atomic E-state index is -3.83. The monoisotopic (exact) mass is 516 g/mol. The molecule has 0 saturated carbocycles. The fraction of sp³-hybridized carbons (Fsp3) is 0.600. The molecule has 0 radical (unpaired) electrons. The summed E-state index contributed by atoms with van der Waals surface area (Å²) in [6, 6.07) is 3.53. The Kier molecular flexibility index (Phi) is 6.93. The molecule has 4 heterocycles. The van der Waals surface area contributed by atoms with Crippen molar-refractivity contribution in [2.45, 2.75) is 50.3 Å². The van der Waals surface area contributed by atoms with Crippen LogP contribution in [-0.2, 0) is 26.3 Å². The number of hydrogen-bond acceptors (Lipinski definition) is 8. The van der Waals surface area contributed by atoms with E-state index in [1.54, 1.807) is 18.3 Å². The van der Waals surface area contributed by atoms with Crippen LogP contribution in [0, 0.1) is 11.8 Å². The Morgan fingerprint density at radius 3 is 2.76 bits per heavy atom. The molecule has 10 nitrogen and oxygen atoms in total. The molecule has 1 aromatic heterocycles. The lowest BCUT2D eigenvalue weighted by atomic mass is 9.79. The Labute approximate surface area is 201 Å². The van der Waals surface area contributed by atoms with Gasteiger partial charge in [0.15, 0.2) is 0 Å². The molecule has 2 saturated heterocycles. The first-order valence-corrected chi connectivity index (χ1v) is 14.0. The maximum absolute atomic E-state index is 12.6. The number of aliphatic carboxylic acids is 1. The van der Waals surface area contributed by atoms with Gasteiger partial charge in [-0.15, -0.1) is 23.1 Å². The minimum absolute atomic E-state index is 0.00955. The van der Waals surface area contributed by atoms with Crippen LogP contribution in [0.5, 0.6) is 0 Å².